The Balaban J connectivity index is 0.000000455. The van der Waals surface area contributed by atoms with Crippen LogP contribution in [-0.4, -0.2) is 68.9 Å². The minimum atomic E-state index is -1.28. The summed E-state index contributed by atoms with van der Waals surface area (Å²) >= 11 is 0. The molecule has 1 aliphatic heterocycles. The molecule has 0 amide bonds. The molecular weight excluding hydrogens is 504 g/mol. The quantitative estimate of drug-likeness (QED) is 0.297. The summed E-state index contributed by atoms with van der Waals surface area (Å²) in [5.74, 6) is -0.302. The van der Waals surface area contributed by atoms with Gasteiger partial charge in [-0.2, -0.15) is 0 Å². The highest BCUT2D eigenvalue weighted by molar-refractivity contribution is 5.72. The van der Waals surface area contributed by atoms with Crippen molar-refractivity contribution in [3.8, 4) is 0 Å². The molecule has 9 heteroatoms. The van der Waals surface area contributed by atoms with E-state index >= 15 is 0 Å². The second kappa shape index (κ2) is 15.0. The van der Waals surface area contributed by atoms with E-state index in [1.807, 2.05) is 13.8 Å². The van der Waals surface area contributed by atoms with E-state index in [1.165, 1.54) is 12.5 Å². The number of rotatable bonds is 10. The van der Waals surface area contributed by atoms with Crippen LogP contribution in [0.3, 0.4) is 0 Å². The number of cyclic esters (lactones) is 1. The summed E-state index contributed by atoms with van der Waals surface area (Å²) < 4.78 is 11.5. The fourth-order valence-electron chi connectivity index (χ4n) is 5.72. The van der Waals surface area contributed by atoms with Crippen LogP contribution in [0.4, 0.5) is 0 Å². The zero-order valence-corrected chi connectivity index (χ0v) is 24.0. The number of aliphatic hydroxyl groups excluding tert-OH is 2. The van der Waals surface area contributed by atoms with Crippen LogP contribution in [0.15, 0.2) is 23.8 Å². The van der Waals surface area contributed by atoms with Crippen molar-refractivity contribution < 1.29 is 44.3 Å². The first-order valence-electron chi connectivity index (χ1n) is 14.3. The van der Waals surface area contributed by atoms with E-state index in [4.69, 9.17) is 24.8 Å². The second-order valence-corrected chi connectivity index (χ2v) is 11.9. The monoisotopic (exact) mass is 552 g/mol. The fraction of sp³-hybridized carbons (Fsp3) is 0.767. The second-order valence-electron chi connectivity index (χ2n) is 11.9. The zero-order chi connectivity index (χ0) is 29.3. The van der Waals surface area contributed by atoms with Crippen LogP contribution in [0.1, 0.15) is 86.0 Å². The van der Waals surface area contributed by atoms with Crippen molar-refractivity contribution in [2.75, 3.05) is 6.61 Å². The number of carboxylic acids is 1. The van der Waals surface area contributed by atoms with Gasteiger partial charge in [0.2, 0.25) is 0 Å². The lowest BCUT2D eigenvalue weighted by Crippen LogP contribution is -2.42. The lowest BCUT2D eigenvalue weighted by Gasteiger charge is -2.43. The van der Waals surface area contributed by atoms with E-state index in [9.17, 15) is 19.5 Å². The van der Waals surface area contributed by atoms with E-state index in [1.54, 1.807) is 0 Å². The number of allylic oxidation sites excluding steroid dienone is 3. The molecule has 222 valence electrons. The van der Waals surface area contributed by atoms with E-state index in [0.717, 1.165) is 25.7 Å². The number of aliphatic carboxylic acids is 1. The van der Waals surface area contributed by atoms with Crippen molar-refractivity contribution in [2.24, 2.45) is 29.6 Å². The molecule has 0 radical (unpaired) electrons. The van der Waals surface area contributed by atoms with Crippen molar-refractivity contribution in [2.45, 2.75) is 110 Å². The Bertz CT molecular complexity index is 893. The van der Waals surface area contributed by atoms with E-state index in [2.05, 4.69) is 32.1 Å². The highest BCUT2D eigenvalue weighted by Crippen LogP contribution is 2.45. The van der Waals surface area contributed by atoms with Gasteiger partial charge in [0, 0.05) is 18.9 Å². The first kappa shape index (κ1) is 33.0. The molecule has 0 aromatic carbocycles. The molecule has 1 saturated heterocycles. The average molecular weight is 553 g/mol. The van der Waals surface area contributed by atoms with Crippen molar-refractivity contribution in [3.05, 3.63) is 23.8 Å². The summed E-state index contributed by atoms with van der Waals surface area (Å²) in [6.45, 7) is 9.52. The molecule has 0 bridgehead atoms. The number of fused-ring (bicyclic) bond motifs is 1. The molecule has 39 heavy (non-hydrogen) atoms. The molecular formula is C30H48O9. The molecule has 0 spiro atoms. The summed E-state index contributed by atoms with van der Waals surface area (Å²) in [5.41, 5.74) is -0.00454. The van der Waals surface area contributed by atoms with Crippen molar-refractivity contribution in [1.82, 2.24) is 0 Å². The van der Waals surface area contributed by atoms with E-state index in [-0.39, 0.29) is 61.9 Å². The predicted molar refractivity (Wildman–Crippen MR) is 145 cm³/mol. The first-order chi connectivity index (χ1) is 18.3. The largest absolute Gasteiger partial charge is 0.481 e. The molecule has 9 nitrogen and oxygen atoms in total. The lowest BCUT2D eigenvalue weighted by molar-refractivity contribution is -0.162. The standard InChI is InChI=1S/C24H36O5.C6H12O4/c1-5-15(3)24(27)29-21-11-14(2)10-17-7-6-16(4)20(23(17)21)9-8-19-12-18(25)13-22(26)28-19;1-6(10,2-3-7)4-5(8)9/h6-7,10,14-16,18-21,23,25H,5,8-9,11-13H2,1-4H3;7,10H,2-4H2,1H3,(H,8,9)/t14-,15-,16-,18+,19+,20-,21-,23-;6-/m01/s1. The van der Waals surface area contributed by atoms with Crippen molar-refractivity contribution in [3.63, 3.8) is 0 Å². The van der Waals surface area contributed by atoms with Crippen LogP contribution in [0.25, 0.3) is 0 Å². The maximum Gasteiger partial charge on any atom is 0.308 e. The Kier molecular flexibility index (Phi) is 12.6. The van der Waals surface area contributed by atoms with Gasteiger partial charge in [-0.25, -0.2) is 0 Å². The first-order valence-corrected chi connectivity index (χ1v) is 14.3. The number of aliphatic hydroxyl groups is 3. The Morgan fingerprint density at radius 1 is 1.23 bits per heavy atom. The molecule has 3 aliphatic rings. The summed E-state index contributed by atoms with van der Waals surface area (Å²) in [7, 11) is 0. The van der Waals surface area contributed by atoms with E-state index in [0.29, 0.717) is 24.2 Å². The third kappa shape index (κ3) is 10.4. The Labute approximate surface area is 232 Å². The highest BCUT2D eigenvalue weighted by Gasteiger charge is 2.42. The van der Waals surface area contributed by atoms with Gasteiger partial charge in [0.1, 0.15) is 12.2 Å². The Morgan fingerprint density at radius 3 is 2.51 bits per heavy atom. The Morgan fingerprint density at radius 2 is 1.92 bits per heavy atom. The number of carbonyl (C=O) groups is 3. The van der Waals surface area contributed by atoms with Crippen LogP contribution in [0.2, 0.25) is 0 Å². The third-order valence-electron chi connectivity index (χ3n) is 8.12. The number of esters is 2. The summed E-state index contributed by atoms with van der Waals surface area (Å²) in [4.78, 5) is 34.3. The van der Waals surface area contributed by atoms with E-state index < -0.39 is 17.7 Å². The van der Waals surface area contributed by atoms with Crippen LogP contribution < -0.4 is 0 Å². The predicted octanol–water partition coefficient (Wildman–Crippen LogP) is 3.79. The normalized spacial score (nSPS) is 32.4. The van der Waals surface area contributed by atoms with Crippen LogP contribution in [0, 0.1) is 29.6 Å². The molecule has 2 aliphatic carbocycles. The van der Waals surface area contributed by atoms with Gasteiger partial charge in [0.15, 0.2) is 0 Å². The van der Waals surface area contributed by atoms with Crippen molar-refractivity contribution in [1.29, 1.82) is 0 Å². The summed E-state index contributed by atoms with van der Waals surface area (Å²) in [6, 6.07) is 0. The van der Waals surface area contributed by atoms with Gasteiger partial charge < -0.3 is 29.9 Å². The number of hydrogen-bond donors (Lipinski definition) is 4. The number of hydrogen-bond acceptors (Lipinski definition) is 8. The van der Waals surface area contributed by atoms with Gasteiger partial charge in [-0.05, 0) is 62.4 Å². The minimum absolute atomic E-state index is 0.0854. The average Bonchev–Trinajstić information content (AvgIpc) is 2.81. The van der Waals surface area contributed by atoms with Crippen molar-refractivity contribution >= 4 is 17.9 Å². The minimum Gasteiger partial charge on any atom is -0.481 e. The summed E-state index contributed by atoms with van der Waals surface area (Å²) in [5, 5.41) is 35.6. The number of carbonyl (C=O) groups excluding carboxylic acids is 2. The topological polar surface area (TPSA) is 151 Å². The van der Waals surface area contributed by atoms with Gasteiger partial charge in [-0.3, -0.25) is 14.4 Å². The zero-order valence-electron chi connectivity index (χ0n) is 24.0. The third-order valence-corrected chi connectivity index (χ3v) is 8.12. The molecule has 0 saturated carbocycles. The lowest BCUT2D eigenvalue weighted by atomic mass is 9.65. The molecule has 0 aromatic heterocycles. The molecule has 9 atom stereocenters. The van der Waals surface area contributed by atoms with Crippen LogP contribution in [0.5, 0.6) is 0 Å². The maximum absolute atomic E-state index is 12.5. The highest BCUT2D eigenvalue weighted by atomic mass is 16.6. The fourth-order valence-corrected chi connectivity index (χ4v) is 5.72. The van der Waals surface area contributed by atoms with Gasteiger partial charge in [-0.15, -0.1) is 0 Å². The van der Waals surface area contributed by atoms with Gasteiger partial charge in [-0.1, -0.05) is 45.9 Å². The molecule has 1 heterocycles. The number of ether oxygens (including phenoxy) is 2. The van der Waals surface area contributed by atoms with Gasteiger partial charge >= 0.3 is 17.9 Å². The maximum atomic E-state index is 12.5. The molecule has 0 aromatic rings. The van der Waals surface area contributed by atoms with Crippen LogP contribution in [-0.2, 0) is 23.9 Å². The molecule has 3 rings (SSSR count). The number of carboxylic acid groups (broad SMARTS) is 1. The van der Waals surface area contributed by atoms with Gasteiger partial charge in [0.05, 0.1) is 30.5 Å². The molecule has 0 unspecified atom stereocenters. The smallest absolute Gasteiger partial charge is 0.308 e. The SMILES string of the molecule is CC[C@H](C)C(=O)O[C@H]1C[C@@H](C)C=C2C=C[C@H](C)[C@H](CC[C@@H]3C[C@@H](O)CC(=O)O3)[C@H]21.C[C@@](O)(CCO)CC(=O)O. The van der Waals surface area contributed by atoms with Gasteiger partial charge in [0.25, 0.3) is 0 Å². The Hall–Kier alpha value is -2.23. The molecule has 4 N–H and O–H groups in total. The molecule has 1 fully saturated rings. The van der Waals surface area contributed by atoms with Crippen LogP contribution >= 0.6 is 0 Å². The summed E-state index contributed by atoms with van der Waals surface area (Å²) in [6.07, 6.45) is 9.47.